The molecule has 2 N–H and O–H groups in total. The minimum absolute atomic E-state index is 0.252. The average molecular weight is 188 g/mol. The molecule has 0 unspecified atom stereocenters. The van der Waals surface area contributed by atoms with Gasteiger partial charge in [0.25, 0.3) is 0 Å². The van der Waals surface area contributed by atoms with Gasteiger partial charge in [-0.25, -0.2) is 9.37 Å². The van der Waals surface area contributed by atoms with Gasteiger partial charge in [-0.1, -0.05) is 6.07 Å². The lowest BCUT2D eigenvalue weighted by Crippen LogP contribution is -1.91. The number of aromatic nitrogens is 1. The van der Waals surface area contributed by atoms with Gasteiger partial charge in [0.15, 0.2) is 0 Å². The second kappa shape index (κ2) is 3.46. The topological polar surface area (TPSA) is 38.9 Å². The Balaban J connectivity index is 2.44. The molecular formula is C11H9FN2. The summed E-state index contributed by atoms with van der Waals surface area (Å²) in [6.45, 7) is 0. The van der Waals surface area contributed by atoms with Crippen LogP contribution in [-0.2, 0) is 0 Å². The molecule has 0 saturated heterocycles. The first-order valence-corrected chi connectivity index (χ1v) is 4.24. The van der Waals surface area contributed by atoms with Crippen LogP contribution in [0.3, 0.4) is 0 Å². The molecule has 0 amide bonds. The lowest BCUT2D eigenvalue weighted by Gasteiger charge is -2.00. The molecule has 1 aromatic heterocycles. The molecule has 0 radical (unpaired) electrons. The maximum atomic E-state index is 12.6. The van der Waals surface area contributed by atoms with Crippen molar-refractivity contribution in [2.45, 2.75) is 0 Å². The SMILES string of the molecule is Nc1cccc(-c2ccc(F)cc2)n1. The van der Waals surface area contributed by atoms with Crippen LogP contribution in [0.5, 0.6) is 0 Å². The highest BCUT2D eigenvalue weighted by molar-refractivity contribution is 5.60. The van der Waals surface area contributed by atoms with E-state index in [1.54, 1.807) is 18.2 Å². The second-order valence-corrected chi connectivity index (χ2v) is 2.95. The monoisotopic (exact) mass is 188 g/mol. The molecule has 14 heavy (non-hydrogen) atoms. The van der Waals surface area contributed by atoms with E-state index in [9.17, 15) is 4.39 Å². The Hall–Kier alpha value is -1.90. The first-order chi connectivity index (χ1) is 6.75. The normalized spacial score (nSPS) is 10.1. The number of nitrogens with two attached hydrogens (primary N) is 1. The average Bonchev–Trinajstić information content (AvgIpc) is 2.19. The molecule has 70 valence electrons. The van der Waals surface area contributed by atoms with Crippen molar-refractivity contribution in [3.8, 4) is 11.3 Å². The Morgan fingerprint density at radius 3 is 2.36 bits per heavy atom. The number of hydrogen-bond donors (Lipinski definition) is 1. The van der Waals surface area contributed by atoms with Gasteiger partial charge in [0.05, 0.1) is 5.69 Å². The minimum atomic E-state index is -0.252. The van der Waals surface area contributed by atoms with Gasteiger partial charge >= 0.3 is 0 Å². The molecule has 2 nitrogen and oxygen atoms in total. The van der Waals surface area contributed by atoms with E-state index in [0.717, 1.165) is 11.3 Å². The maximum Gasteiger partial charge on any atom is 0.124 e. The fourth-order valence-electron chi connectivity index (χ4n) is 1.23. The molecule has 2 rings (SSSR count). The van der Waals surface area contributed by atoms with Gasteiger partial charge in [-0.3, -0.25) is 0 Å². The number of halogens is 1. The van der Waals surface area contributed by atoms with Crippen molar-refractivity contribution in [1.29, 1.82) is 0 Å². The largest absolute Gasteiger partial charge is 0.384 e. The van der Waals surface area contributed by atoms with E-state index in [0.29, 0.717) is 5.82 Å². The van der Waals surface area contributed by atoms with Gasteiger partial charge in [0, 0.05) is 5.56 Å². The first kappa shape index (κ1) is 8.69. The van der Waals surface area contributed by atoms with E-state index in [4.69, 9.17) is 5.73 Å². The van der Waals surface area contributed by atoms with Crippen LogP contribution in [0.15, 0.2) is 42.5 Å². The molecular weight excluding hydrogens is 179 g/mol. The molecule has 0 atom stereocenters. The van der Waals surface area contributed by atoms with E-state index in [2.05, 4.69) is 4.98 Å². The number of nitrogen functional groups attached to an aromatic ring is 1. The summed E-state index contributed by atoms with van der Waals surface area (Å²) in [6.07, 6.45) is 0. The van der Waals surface area contributed by atoms with Crippen molar-refractivity contribution >= 4 is 5.82 Å². The van der Waals surface area contributed by atoms with Crippen LogP contribution in [0.2, 0.25) is 0 Å². The molecule has 3 heteroatoms. The summed E-state index contributed by atoms with van der Waals surface area (Å²) in [5.74, 6) is 0.212. The number of rotatable bonds is 1. The van der Waals surface area contributed by atoms with Crippen molar-refractivity contribution in [1.82, 2.24) is 4.98 Å². The Labute approximate surface area is 81.2 Å². The van der Waals surface area contributed by atoms with Gasteiger partial charge in [0.1, 0.15) is 11.6 Å². The molecule has 0 fully saturated rings. The van der Waals surface area contributed by atoms with Crippen LogP contribution < -0.4 is 5.73 Å². The van der Waals surface area contributed by atoms with E-state index in [1.807, 2.05) is 12.1 Å². The van der Waals surface area contributed by atoms with Crippen LogP contribution in [0.25, 0.3) is 11.3 Å². The van der Waals surface area contributed by atoms with Crippen molar-refractivity contribution in [2.75, 3.05) is 5.73 Å². The van der Waals surface area contributed by atoms with Crippen LogP contribution in [0.1, 0.15) is 0 Å². The lowest BCUT2D eigenvalue weighted by atomic mass is 10.1. The van der Waals surface area contributed by atoms with Crippen LogP contribution in [0.4, 0.5) is 10.2 Å². The Kier molecular flexibility index (Phi) is 2.14. The van der Waals surface area contributed by atoms with Crippen molar-refractivity contribution < 1.29 is 4.39 Å². The number of pyridine rings is 1. The standard InChI is InChI=1S/C11H9FN2/c12-9-6-4-8(5-7-9)10-2-1-3-11(13)14-10/h1-7H,(H2,13,14). The molecule has 1 aromatic carbocycles. The minimum Gasteiger partial charge on any atom is -0.384 e. The smallest absolute Gasteiger partial charge is 0.124 e. The Morgan fingerprint density at radius 1 is 1.00 bits per heavy atom. The molecule has 0 bridgehead atoms. The third-order valence-corrected chi connectivity index (χ3v) is 1.91. The Morgan fingerprint density at radius 2 is 1.71 bits per heavy atom. The zero-order valence-corrected chi connectivity index (χ0v) is 7.44. The maximum absolute atomic E-state index is 12.6. The van der Waals surface area contributed by atoms with Gasteiger partial charge in [-0.2, -0.15) is 0 Å². The summed E-state index contributed by atoms with van der Waals surface area (Å²) in [7, 11) is 0. The highest BCUT2D eigenvalue weighted by Gasteiger charge is 1.99. The summed E-state index contributed by atoms with van der Waals surface area (Å²) in [5, 5.41) is 0. The summed E-state index contributed by atoms with van der Waals surface area (Å²) < 4.78 is 12.6. The van der Waals surface area contributed by atoms with E-state index in [-0.39, 0.29) is 5.82 Å². The zero-order chi connectivity index (χ0) is 9.97. The summed E-state index contributed by atoms with van der Waals surface area (Å²) in [4.78, 5) is 4.13. The summed E-state index contributed by atoms with van der Waals surface area (Å²) >= 11 is 0. The molecule has 0 aliphatic heterocycles. The van der Waals surface area contributed by atoms with E-state index in [1.165, 1.54) is 12.1 Å². The number of anilines is 1. The molecule has 1 heterocycles. The van der Waals surface area contributed by atoms with Crippen LogP contribution in [0, 0.1) is 5.82 Å². The number of benzene rings is 1. The highest BCUT2D eigenvalue weighted by Crippen LogP contribution is 2.17. The highest BCUT2D eigenvalue weighted by atomic mass is 19.1. The fraction of sp³-hybridized carbons (Fsp3) is 0. The van der Waals surface area contributed by atoms with Gasteiger partial charge in [0.2, 0.25) is 0 Å². The summed E-state index contributed by atoms with van der Waals surface area (Å²) in [5.41, 5.74) is 7.16. The van der Waals surface area contributed by atoms with Crippen molar-refractivity contribution in [2.24, 2.45) is 0 Å². The molecule has 2 aromatic rings. The van der Waals surface area contributed by atoms with E-state index >= 15 is 0 Å². The van der Waals surface area contributed by atoms with Crippen molar-refractivity contribution in [3.63, 3.8) is 0 Å². The molecule has 0 spiro atoms. The number of hydrogen-bond acceptors (Lipinski definition) is 2. The summed E-state index contributed by atoms with van der Waals surface area (Å²) in [6, 6.07) is 11.5. The van der Waals surface area contributed by atoms with Crippen molar-refractivity contribution in [3.05, 3.63) is 48.3 Å². The van der Waals surface area contributed by atoms with Crippen LogP contribution >= 0.6 is 0 Å². The quantitative estimate of drug-likeness (QED) is 0.746. The van der Waals surface area contributed by atoms with Gasteiger partial charge < -0.3 is 5.73 Å². The van der Waals surface area contributed by atoms with Gasteiger partial charge in [-0.15, -0.1) is 0 Å². The van der Waals surface area contributed by atoms with E-state index < -0.39 is 0 Å². The van der Waals surface area contributed by atoms with Gasteiger partial charge in [-0.05, 0) is 36.4 Å². The third kappa shape index (κ3) is 1.71. The molecule has 0 aliphatic rings. The molecule has 0 aliphatic carbocycles. The lowest BCUT2D eigenvalue weighted by molar-refractivity contribution is 0.628. The van der Waals surface area contributed by atoms with Crippen LogP contribution in [-0.4, -0.2) is 4.98 Å². The zero-order valence-electron chi connectivity index (χ0n) is 7.44. The fourth-order valence-corrected chi connectivity index (χ4v) is 1.23. The third-order valence-electron chi connectivity index (χ3n) is 1.91. The first-order valence-electron chi connectivity index (χ1n) is 4.24. The second-order valence-electron chi connectivity index (χ2n) is 2.95. The Bertz CT molecular complexity index is 437. The predicted octanol–water partition coefficient (Wildman–Crippen LogP) is 2.47. The number of nitrogens with zero attached hydrogens (tertiary/aromatic N) is 1. The molecule has 0 saturated carbocycles. The predicted molar refractivity (Wildman–Crippen MR) is 54.0 cm³/mol.